The zero-order valence-corrected chi connectivity index (χ0v) is 14.9. The van der Waals surface area contributed by atoms with E-state index in [1.165, 1.54) is 18.4 Å². The number of hydrogen-bond acceptors (Lipinski definition) is 7. The van der Waals surface area contributed by atoms with Crippen molar-refractivity contribution in [1.82, 2.24) is 20.1 Å². The number of hydrogen-bond donors (Lipinski definition) is 1. The van der Waals surface area contributed by atoms with E-state index in [0.717, 1.165) is 5.69 Å². The molecule has 0 spiro atoms. The summed E-state index contributed by atoms with van der Waals surface area (Å²) in [7, 11) is 1.30. The number of anilines is 1. The van der Waals surface area contributed by atoms with Crippen LogP contribution in [0.1, 0.15) is 28.2 Å². The molecule has 0 saturated carbocycles. The molecule has 2 amide bonds. The van der Waals surface area contributed by atoms with Gasteiger partial charge in [0.05, 0.1) is 13.0 Å². The first-order chi connectivity index (χ1) is 12.6. The third-order valence-corrected chi connectivity index (χ3v) is 5.54. The minimum atomic E-state index is -0.525. The van der Waals surface area contributed by atoms with Gasteiger partial charge in [0.25, 0.3) is 0 Å². The molecule has 0 radical (unpaired) electrons. The van der Waals surface area contributed by atoms with E-state index < -0.39 is 11.9 Å². The third-order valence-electron chi connectivity index (χ3n) is 4.75. The highest BCUT2D eigenvalue weighted by Gasteiger charge is 2.39. The zero-order chi connectivity index (χ0) is 18.3. The maximum Gasteiger partial charge on any atom is 0.358 e. The van der Waals surface area contributed by atoms with Crippen molar-refractivity contribution >= 4 is 34.3 Å². The number of aromatic amines is 1. The van der Waals surface area contributed by atoms with Crippen molar-refractivity contribution in [3.05, 3.63) is 28.5 Å². The van der Waals surface area contributed by atoms with Crippen LogP contribution in [0.4, 0.5) is 5.13 Å². The summed E-state index contributed by atoms with van der Waals surface area (Å²) in [6.45, 7) is 1.15. The standard InChI is InChI=1S/C16H17N5O4S/c1-25-15(24)13-10-8-20(4-2-11(10)18-19-13)14(23)9-6-12(22)21(7-9)16-17-3-5-26-16/h3,5,9H,2,4,6-8H2,1H3,(H,18,19). The van der Waals surface area contributed by atoms with Crippen LogP contribution in [0.3, 0.4) is 0 Å². The molecule has 0 aromatic carbocycles. The van der Waals surface area contributed by atoms with Gasteiger partial charge in [-0.25, -0.2) is 9.78 Å². The Morgan fingerprint density at radius 1 is 1.42 bits per heavy atom. The number of fused-ring (bicyclic) bond motifs is 1. The Morgan fingerprint density at radius 3 is 3.00 bits per heavy atom. The van der Waals surface area contributed by atoms with Crippen LogP contribution in [0.2, 0.25) is 0 Å². The monoisotopic (exact) mass is 375 g/mol. The van der Waals surface area contributed by atoms with Gasteiger partial charge in [-0.15, -0.1) is 11.3 Å². The number of thiazole rings is 1. The van der Waals surface area contributed by atoms with E-state index in [4.69, 9.17) is 4.74 Å². The summed E-state index contributed by atoms with van der Waals surface area (Å²) in [4.78, 5) is 44.4. The Balaban J connectivity index is 1.49. The number of carbonyl (C=O) groups excluding carboxylic acids is 3. The Bertz CT molecular complexity index is 862. The summed E-state index contributed by atoms with van der Waals surface area (Å²) < 4.78 is 4.74. The molecule has 1 unspecified atom stereocenters. The minimum Gasteiger partial charge on any atom is -0.464 e. The molecule has 4 heterocycles. The summed E-state index contributed by atoms with van der Waals surface area (Å²) in [6.07, 6.45) is 2.40. The van der Waals surface area contributed by atoms with Crippen LogP contribution in [-0.4, -0.2) is 58.1 Å². The average molecular weight is 375 g/mol. The number of H-pyrrole nitrogens is 1. The van der Waals surface area contributed by atoms with Crippen molar-refractivity contribution in [2.24, 2.45) is 5.92 Å². The molecule has 9 nitrogen and oxygen atoms in total. The number of nitrogens with one attached hydrogen (secondary N) is 1. The SMILES string of the molecule is COC(=O)c1n[nH]c2c1CN(C(=O)C1CC(=O)N(c3nccs3)C1)CC2. The van der Waals surface area contributed by atoms with E-state index >= 15 is 0 Å². The second-order valence-electron chi connectivity index (χ2n) is 6.25. The number of esters is 1. The molecular formula is C16H17N5O4S. The molecule has 26 heavy (non-hydrogen) atoms. The summed E-state index contributed by atoms with van der Waals surface area (Å²) in [5.41, 5.74) is 1.76. The van der Waals surface area contributed by atoms with Gasteiger partial charge in [0, 0.05) is 55.3 Å². The Hall–Kier alpha value is -2.75. The van der Waals surface area contributed by atoms with Gasteiger partial charge in [-0.1, -0.05) is 0 Å². The fraction of sp³-hybridized carbons (Fsp3) is 0.438. The van der Waals surface area contributed by atoms with E-state index in [-0.39, 0.29) is 30.5 Å². The van der Waals surface area contributed by atoms with E-state index in [9.17, 15) is 14.4 Å². The van der Waals surface area contributed by atoms with E-state index in [1.54, 1.807) is 21.4 Å². The van der Waals surface area contributed by atoms with Crippen molar-refractivity contribution in [3.8, 4) is 0 Å². The molecule has 0 aliphatic carbocycles. The van der Waals surface area contributed by atoms with E-state index in [2.05, 4.69) is 15.2 Å². The Kier molecular flexibility index (Phi) is 4.19. The van der Waals surface area contributed by atoms with Crippen molar-refractivity contribution in [2.45, 2.75) is 19.4 Å². The smallest absolute Gasteiger partial charge is 0.358 e. The second kappa shape index (κ2) is 6.52. The highest BCUT2D eigenvalue weighted by Crippen LogP contribution is 2.29. The van der Waals surface area contributed by atoms with Crippen molar-refractivity contribution in [2.75, 3.05) is 25.1 Å². The van der Waals surface area contributed by atoms with Crippen LogP contribution in [-0.2, 0) is 27.3 Å². The summed E-state index contributed by atoms with van der Waals surface area (Å²) in [6, 6.07) is 0. The van der Waals surface area contributed by atoms with Gasteiger partial charge in [-0.05, 0) is 0 Å². The molecule has 136 valence electrons. The highest BCUT2D eigenvalue weighted by atomic mass is 32.1. The number of rotatable bonds is 3. The molecule has 2 aromatic heterocycles. The number of methoxy groups -OCH3 is 1. The van der Waals surface area contributed by atoms with Crippen LogP contribution in [0.25, 0.3) is 0 Å². The largest absolute Gasteiger partial charge is 0.464 e. The molecule has 1 fully saturated rings. The summed E-state index contributed by atoms with van der Waals surface area (Å²) in [5.74, 6) is -1.10. The summed E-state index contributed by atoms with van der Waals surface area (Å²) >= 11 is 1.38. The first-order valence-corrected chi connectivity index (χ1v) is 9.09. The van der Waals surface area contributed by atoms with Gasteiger partial charge < -0.3 is 9.64 Å². The summed E-state index contributed by atoms with van der Waals surface area (Å²) in [5, 5.41) is 9.28. The third kappa shape index (κ3) is 2.75. The molecule has 0 bridgehead atoms. The van der Waals surface area contributed by atoms with Crippen LogP contribution in [0.5, 0.6) is 0 Å². The molecule has 1 N–H and O–H groups in total. The molecular weight excluding hydrogens is 358 g/mol. The van der Waals surface area contributed by atoms with Gasteiger partial charge >= 0.3 is 5.97 Å². The lowest BCUT2D eigenvalue weighted by Gasteiger charge is -2.29. The van der Waals surface area contributed by atoms with Gasteiger partial charge in [0.15, 0.2) is 10.8 Å². The van der Waals surface area contributed by atoms with E-state index in [0.29, 0.717) is 30.2 Å². The minimum absolute atomic E-state index is 0.0833. The first-order valence-electron chi connectivity index (χ1n) is 8.21. The van der Waals surface area contributed by atoms with Gasteiger partial charge in [0.1, 0.15) is 0 Å². The highest BCUT2D eigenvalue weighted by molar-refractivity contribution is 7.13. The normalized spacial score (nSPS) is 19.6. The average Bonchev–Trinajstić information content (AvgIpc) is 3.38. The first kappa shape index (κ1) is 16.7. The second-order valence-corrected chi connectivity index (χ2v) is 7.12. The van der Waals surface area contributed by atoms with Gasteiger partial charge in [0.2, 0.25) is 11.8 Å². The Morgan fingerprint density at radius 2 is 2.27 bits per heavy atom. The maximum atomic E-state index is 12.9. The quantitative estimate of drug-likeness (QED) is 0.787. The Labute approximate surface area is 153 Å². The van der Waals surface area contributed by atoms with E-state index in [1.807, 2.05) is 0 Å². The zero-order valence-electron chi connectivity index (χ0n) is 14.1. The van der Waals surface area contributed by atoms with Crippen LogP contribution < -0.4 is 4.90 Å². The maximum absolute atomic E-state index is 12.9. The molecule has 2 aliphatic heterocycles. The number of aromatic nitrogens is 3. The van der Waals surface area contributed by atoms with Crippen molar-refractivity contribution in [1.29, 1.82) is 0 Å². The molecule has 1 atom stereocenters. The molecule has 1 saturated heterocycles. The lowest BCUT2D eigenvalue weighted by Crippen LogP contribution is -2.41. The van der Waals surface area contributed by atoms with Crippen molar-refractivity contribution in [3.63, 3.8) is 0 Å². The lowest BCUT2D eigenvalue weighted by atomic mass is 10.0. The molecule has 10 heteroatoms. The van der Waals surface area contributed by atoms with Crippen LogP contribution in [0.15, 0.2) is 11.6 Å². The molecule has 2 aliphatic rings. The molecule has 4 rings (SSSR count). The van der Waals surface area contributed by atoms with Crippen molar-refractivity contribution < 1.29 is 19.1 Å². The number of nitrogens with zero attached hydrogens (tertiary/aromatic N) is 4. The van der Waals surface area contributed by atoms with Gasteiger partial charge in [-0.2, -0.15) is 5.10 Å². The van der Waals surface area contributed by atoms with Crippen LogP contribution in [0, 0.1) is 5.92 Å². The number of amides is 2. The fourth-order valence-electron chi connectivity index (χ4n) is 3.41. The number of carbonyl (C=O) groups is 3. The van der Waals surface area contributed by atoms with Gasteiger partial charge in [-0.3, -0.25) is 19.6 Å². The topological polar surface area (TPSA) is 108 Å². The predicted molar refractivity (Wildman–Crippen MR) is 91.6 cm³/mol. The molecule has 2 aromatic rings. The fourth-order valence-corrected chi connectivity index (χ4v) is 4.08. The number of ether oxygens (including phenoxy) is 1. The van der Waals surface area contributed by atoms with Crippen LogP contribution >= 0.6 is 11.3 Å². The predicted octanol–water partition coefficient (Wildman–Crippen LogP) is 0.591. The lowest BCUT2D eigenvalue weighted by molar-refractivity contribution is -0.136.